The standard InChI is InChI=1S/C12H18N4S/c1-16(9-5-6-9)8-7-14-11-4-2-3-10(15-11)12(13)17/h2-4,9H,5-8H2,1H3,(H2,13,17)(H,14,15). The number of rotatable bonds is 6. The van der Waals surface area contributed by atoms with E-state index >= 15 is 0 Å². The summed E-state index contributed by atoms with van der Waals surface area (Å²) in [6.45, 7) is 1.92. The molecule has 1 aromatic heterocycles. The molecule has 0 spiro atoms. The second-order valence-corrected chi connectivity index (χ2v) is 4.85. The van der Waals surface area contributed by atoms with Crippen LogP contribution in [0.25, 0.3) is 0 Å². The van der Waals surface area contributed by atoms with Crippen molar-refractivity contribution in [1.82, 2.24) is 9.88 Å². The number of likely N-dealkylation sites (N-methyl/N-ethyl adjacent to an activating group) is 1. The summed E-state index contributed by atoms with van der Waals surface area (Å²) in [5, 5.41) is 3.29. The molecule has 0 aliphatic heterocycles. The van der Waals surface area contributed by atoms with E-state index < -0.39 is 0 Å². The van der Waals surface area contributed by atoms with Crippen LogP contribution in [0.2, 0.25) is 0 Å². The Balaban J connectivity index is 1.81. The van der Waals surface area contributed by atoms with Gasteiger partial charge in [-0.25, -0.2) is 4.98 Å². The molecule has 1 fully saturated rings. The van der Waals surface area contributed by atoms with Gasteiger partial charge in [0.1, 0.15) is 10.8 Å². The third kappa shape index (κ3) is 3.64. The Morgan fingerprint density at radius 2 is 2.35 bits per heavy atom. The van der Waals surface area contributed by atoms with Gasteiger partial charge in [0.15, 0.2) is 0 Å². The Kier molecular flexibility index (Phi) is 3.91. The Labute approximate surface area is 107 Å². The Morgan fingerprint density at radius 1 is 1.59 bits per heavy atom. The number of pyridine rings is 1. The molecule has 0 aromatic carbocycles. The molecule has 17 heavy (non-hydrogen) atoms. The molecule has 3 N–H and O–H groups in total. The number of anilines is 1. The minimum Gasteiger partial charge on any atom is -0.388 e. The zero-order chi connectivity index (χ0) is 12.3. The topological polar surface area (TPSA) is 54.2 Å². The van der Waals surface area contributed by atoms with Gasteiger partial charge in [0.2, 0.25) is 0 Å². The summed E-state index contributed by atoms with van der Waals surface area (Å²) < 4.78 is 0. The van der Waals surface area contributed by atoms with Crippen LogP contribution in [0.5, 0.6) is 0 Å². The van der Waals surface area contributed by atoms with Crippen LogP contribution in [0, 0.1) is 0 Å². The number of aromatic nitrogens is 1. The van der Waals surface area contributed by atoms with Gasteiger partial charge in [-0.1, -0.05) is 18.3 Å². The van der Waals surface area contributed by atoms with E-state index in [4.69, 9.17) is 18.0 Å². The summed E-state index contributed by atoms with van der Waals surface area (Å²) >= 11 is 4.90. The second-order valence-electron chi connectivity index (χ2n) is 4.41. The van der Waals surface area contributed by atoms with Crippen molar-refractivity contribution in [3.8, 4) is 0 Å². The first-order valence-corrected chi connectivity index (χ1v) is 6.28. The van der Waals surface area contributed by atoms with E-state index in [2.05, 4.69) is 22.2 Å². The lowest BCUT2D eigenvalue weighted by Gasteiger charge is -2.16. The number of nitrogens with one attached hydrogen (secondary N) is 1. The molecule has 1 aliphatic carbocycles. The first-order chi connectivity index (χ1) is 8.16. The molecule has 4 nitrogen and oxygen atoms in total. The predicted molar refractivity (Wildman–Crippen MR) is 74.3 cm³/mol. The lowest BCUT2D eigenvalue weighted by atomic mass is 10.3. The monoisotopic (exact) mass is 250 g/mol. The normalized spacial score (nSPS) is 14.9. The SMILES string of the molecule is CN(CCNc1cccc(C(N)=S)n1)C1CC1. The summed E-state index contributed by atoms with van der Waals surface area (Å²) in [6.07, 6.45) is 2.68. The number of thiocarbonyl (C=S) groups is 1. The molecule has 0 atom stereocenters. The van der Waals surface area contributed by atoms with Crippen molar-refractivity contribution < 1.29 is 0 Å². The highest BCUT2D eigenvalue weighted by Gasteiger charge is 2.25. The third-order valence-corrected chi connectivity index (χ3v) is 3.15. The van der Waals surface area contributed by atoms with Crippen molar-refractivity contribution >= 4 is 23.0 Å². The highest BCUT2D eigenvalue weighted by atomic mass is 32.1. The predicted octanol–water partition coefficient (Wildman–Crippen LogP) is 1.22. The molecule has 1 aromatic rings. The van der Waals surface area contributed by atoms with Crippen LogP contribution in [0.15, 0.2) is 18.2 Å². The molecule has 1 saturated carbocycles. The van der Waals surface area contributed by atoms with Crippen molar-refractivity contribution in [3.05, 3.63) is 23.9 Å². The molecule has 1 aliphatic rings. The summed E-state index contributed by atoms with van der Waals surface area (Å²) in [6, 6.07) is 6.46. The number of hydrogen-bond donors (Lipinski definition) is 2. The smallest absolute Gasteiger partial charge is 0.126 e. The molecule has 0 unspecified atom stereocenters. The van der Waals surface area contributed by atoms with E-state index in [-0.39, 0.29) is 0 Å². The number of nitrogens with zero attached hydrogens (tertiary/aromatic N) is 2. The summed E-state index contributed by atoms with van der Waals surface area (Å²) in [7, 11) is 2.16. The van der Waals surface area contributed by atoms with E-state index in [0.717, 1.165) is 24.9 Å². The molecule has 0 radical (unpaired) electrons. The van der Waals surface area contributed by atoms with Crippen LogP contribution in [-0.2, 0) is 0 Å². The molecule has 2 rings (SSSR count). The molecule has 0 saturated heterocycles. The third-order valence-electron chi connectivity index (χ3n) is 2.94. The van der Waals surface area contributed by atoms with Crippen LogP contribution in [-0.4, -0.2) is 41.1 Å². The van der Waals surface area contributed by atoms with Crippen LogP contribution >= 0.6 is 12.2 Å². The lowest BCUT2D eigenvalue weighted by molar-refractivity contribution is 0.337. The summed E-state index contributed by atoms with van der Waals surface area (Å²) in [5.41, 5.74) is 6.21. The molecule has 0 amide bonds. The number of hydrogen-bond acceptors (Lipinski definition) is 4. The van der Waals surface area contributed by atoms with Crippen LogP contribution in [0.3, 0.4) is 0 Å². The van der Waals surface area contributed by atoms with E-state index in [1.807, 2.05) is 18.2 Å². The van der Waals surface area contributed by atoms with Gasteiger partial charge in [-0.05, 0) is 32.0 Å². The molecular formula is C12H18N4S. The molecule has 1 heterocycles. The van der Waals surface area contributed by atoms with Gasteiger partial charge in [0.25, 0.3) is 0 Å². The minimum absolute atomic E-state index is 0.337. The Hall–Kier alpha value is -1.20. The largest absolute Gasteiger partial charge is 0.388 e. The van der Waals surface area contributed by atoms with E-state index in [1.54, 1.807) is 0 Å². The van der Waals surface area contributed by atoms with Crippen molar-refractivity contribution in [3.63, 3.8) is 0 Å². The fourth-order valence-corrected chi connectivity index (χ4v) is 1.84. The second kappa shape index (κ2) is 5.42. The molecule has 5 heteroatoms. The van der Waals surface area contributed by atoms with E-state index in [0.29, 0.717) is 10.7 Å². The first-order valence-electron chi connectivity index (χ1n) is 5.88. The number of nitrogens with two attached hydrogens (primary N) is 1. The summed E-state index contributed by atoms with van der Waals surface area (Å²) in [5.74, 6) is 0.833. The van der Waals surface area contributed by atoms with Gasteiger partial charge in [-0.2, -0.15) is 0 Å². The average molecular weight is 250 g/mol. The lowest BCUT2D eigenvalue weighted by Crippen LogP contribution is -2.27. The fourth-order valence-electron chi connectivity index (χ4n) is 1.73. The first kappa shape index (κ1) is 12.3. The minimum atomic E-state index is 0.337. The van der Waals surface area contributed by atoms with E-state index in [9.17, 15) is 0 Å². The highest BCUT2D eigenvalue weighted by Crippen LogP contribution is 2.24. The molecule has 0 bridgehead atoms. The van der Waals surface area contributed by atoms with Crippen LogP contribution < -0.4 is 11.1 Å². The van der Waals surface area contributed by atoms with Crippen molar-refractivity contribution in [2.45, 2.75) is 18.9 Å². The van der Waals surface area contributed by atoms with E-state index in [1.165, 1.54) is 12.8 Å². The fraction of sp³-hybridized carbons (Fsp3) is 0.500. The maximum absolute atomic E-state index is 5.54. The molecular weight excluding hydrogens is 232 g/mol. The van der Waals surface area contributed by atoms with Gasteiger partial charge in [0.05, 0.1) is 5.69 Å². The molecule has 92 valence electrons. The Bertz CT molecular complexity index is 403. The van der Waals surface area contributed by atoms with Crippen LogP contribution in [0.4, 0.5) is 5.82 Å². The van der Waals surface area contributed by atoms with Crippen molar-refractivity contribution in [2.75, 3.05) is 25.5 Å². The van der Waals surface area contributed by atoms with Gasteiger partial charge < -0.3 is 16.0 Å². The van der Waals surface area contributed by atoms with Gasteiger partial charge in [0, 0.05) is 19.1 Å². The van der Waals surface area contributed by atoms with Crippen molar-refractivity contribution in [2.24, 2.45) is 5.73 Å². The van der Waals surface area contributed by atoms with Gasteiger partial charge in [-0.3, -0.25) is 0 Å². The zero-order valence-corrected chi connectivity index (χ0v) is 10.8. The maximum Gasteiger partial charge on any atom is 0.126 e. The highest BCUT2D eigenvalue weighted by molar-refractivity contribution is 7.80. The van der Waals surface area contributed by atoms with Gasteiger partial charge >= 0.3 is 0 Å². The van der Waals surface area contributed by atoms with Crippen molar-refractivity contribution in [1.29, 1.82) is 0 Å². The maximum atomic E-state index is 5.54. The average Bonchev–Trinajstić information content (AvgIpc) is 3.13. The zero-order valence-electron chi connectivity index (χ0n) is 10.0. The quantitative estimate of drug-likeness (QED) is 0.744. The summed E-state index contributed by atoms with van der Waals surface area (Å²) in [4.78, 5) is 7.05. The van der Waals surface area contributed by atoms with Gasteiger partial charge in [-0.15, -0.1) is 0 Å². The van der Waals surface area contributed by atoms with Crippen LogP contribution in [0.1, 0.15) is 18.5 Å². The Morgan fingerprint density at radius 3 is 3.00 bits per heavy atom.